The Kier molecular flexibility index (Phi) is 9.58. The van der Waals surface area contributed by atoms with Crippen molar-refractivity contribution in [2.45, 2.75) is 64.3 Å². The highest BCUT2D eigenvalue weighted by atomic mass is 16.5. The van der Waals surface area contributed by atoms with E-state index in [4.69, 9.17) is 19.8 Å². The van der Waals surface area contributed by atoms with Gasteiger partial charge in [-0.15, -0.1) is 0 Å². The summed E-state index contributed by atoms with van der Waals surface area (Å²) < 4.78 is 7.60. The number of carbonyl (C=O) groups is 2. The van der Waals surface area contributed by atoms with Crippen molar-refractivity contribution >= 4 is 51.8 Å². The Bertz CT molecular complexity index is 1790. The zero-order chi connectivity index (χ0) is 33.9. The molecule has 1 atom stereocenters. The van der Waals surface area contributed by atoms with Crippen LogP contribution in [0.5, 0.6) is 0 Å². The van der Waals surface area contributed by atoms with Crippen molar-refractivity contribution in [3.05, 3.63) is 54.4 Å². The van der Waals surface area contributed by atoms with Crippen LogP contribution in [0.3, 0.4) is 0 Å². The fourth-order valence-electron chi connectivity index (χ4n) is 6.87. The molecule has 3 aliphatic rings. The molecular formula is C35H45N11O3. The van der Waals surface area contributed by atoms with Gasteiger partial charge in [-0.05, 0) is 56.9 Å². The van der Waals surface area contributed by atoms with Crippen molar-refractivity contribution in [1.82, 2.24) is 34.9 Å². The van der Waals surface area contributed by atoms with E-state index in [1.54, 1.807) is 13.3 Å². The topological polar surface area (TPSA) is 146 Å². The first-order chi connectivity index (χ1) is 23.8. The molecule has 0 bridgehead atoms. The first-order valence-corrected chi connectivity index (χ1v) is 17.3. The van der Waals surface area contributed by atoms with Crippen LogP contribution >= 0.6 is 0 Å². The fourth-order valence-corrected chi connectivity index (χ4v) is 6.87. The van der Waals surface area contributed by atoms with Crippen molar-refractivity contribution < 1.29 is 14.3 Å². The van der Waals surface area contributed by atoms with Gasteiger partial charge in [0.1, 0.15) is 17.7 Å². The lowest BCUT2D eigenvalue weighted by Crippen LogP contribution is -2.47. The molecule has 2 amide bonds. The number of pyridine rings is 1. The standard InChI is InChI=1S/C35H45N11O3/c1-23(2)46-29-20-31(39-30-9-12-36-35(40-30)45-13-10-26(49-3)11-14-45)37-21-27(29)33(42-46)44-17-15-43(16-18-44)22-24-5-4-6-25(19-24)38-28-7-8-32(47)41-34(28)48/h4-6,9,12,19-21,23,26,28,38H,7-8,10-11,13-18,22H2,1-3H3,(H,41,47,48)(H,36,37,39,40). The Hall–Kier alpha value is -4.82. The van der Waals surface area contributed by atoms with Gasteiger partial charge in [-0.3, -0.25) is 24.5 Å². The number of fused-ring (bicyclic) bond motifs is 1. The summed E-state index contributed by atoms with van der Waals surface area (Å²) in [5, 5.41) is 15.2. The number of amides is 2. The minimum absolute atomic E-state index is 0.175. The van der Waals surface area contributed by atoms with Gasteiger partial charge in [0.25, 0.3) is 0 Å². The van der Waals surface area contributed by atoms with E-state index < -0.39 is 6.04 Å². The second-order valence-electron chi connectivity index (χ2n) is 13.3. The quantitative estimate of drug-likeness (QED) is 0.212. The maximum atomic E-state index is 12.2. The van der Waals surface area contributed by atoms with E-state index in [9.17, 15) is 9.59 Å². The molecule has 3 saturated heterocycles. The molecular weight excluding hydrogens is 622 g/mol. The number of benzene rings is 1. The Morgan fingerprint density at radius 2 is 1.78 bits per heavy atom. The molecule has 3 N–H and O–H groups in total. The third-order valence-corrected chi connectivity index (χ3v) is 9.60. The van der Waals surface area contributed by atoms with Crippen LogP contribution in [-0.4, -0.2) is 100.0 Å². The summed E-state index contributed by atoms with van der Waals surface area (Å²) in [6, 6.07) is 11.9. The first-order valence-electron chi connectivity index (χ1n) is 17.3. The van der Waals surface area contributed by atoms with Gasteiger partial charge in [0, 0.05) is 89.5 Å². The average molecular weight is 668 g/mol. The molecule has 0 spiro atoms. The van der Waals surface area contributed by atoms with Gasteiger partial charge in [0.2, 0.25) is 17.8 Å². The lowest BCUT2D eigenvalue weighted by molar-refractivity contribution is -0.133. The van der Waals surface area contributed by atoms with Crippen molar-refractivity contribution in [2.24, 2.45) is 0 Å². The Balaban J connectivity index is 0.996. The molecule has 4 aromatic rings. The predicted octanol–water partition coefficient (Wildman–Crippen LogP) is 3.70. The maximum absolute atomic E-state index is 12.2. The highest BCUT2D eigenvalue weighted by Gasteiger charge is 2.27. The average Bonchev–Trinajstić information content (AvgIpc) is 3.49. The van der Waals surface area contributed by atoms with Crippen LogP contribution in [0.2, 0.25) is 0 Å². The summed E-state index contributed by atoms with van der Waals surface area (Å²) in [6.45, 7) is 10.3. The lowest BCUT2D eigenvalue weighted by Gasteiger charge is -2.35. The second-order valence-corrected chi connectivity index (χ2v) is 13.3. The highest BCUT2D eigenvalue weighted by Crippen LogP contribution is 2.31. The van der Waals surface area contributed by atoms with Gasteiger partial charge < -0.3 is 25.2 Å². The summed E-state index contributed by atoms with van der Waals surface area (Å²) >= 11 is 0. The zero-order valence-electron chi connectivity index (χ0n) is 28.4. The normalized spacial score (nSPS) is 19.5. The molecule has 3 aliphatic heterocycles. The van der Waals surface area contributed by atoms with Crippen molar-refractivity contribution in [2.75, 3.05) is 66.8 Å². The number of methoxy groups -OCH3 is 1. The number of nitrogens with one attached hydrogen (secondary N) is 3. The molecule has 3 fully saturated rings. The van der Waals surface area contributed by atoms with Crippen molar-refractivity contribution in [3.63, 3.8) is 0 Å². The number of ether oxygens (including phenoxy) is 1. The van der Waals surface area contributed by atoms with Crippen molar-refractivity contribution in [1.29, 1.82) is 0 Å². The molecule has 7 rings (SSSR count). The van der Waals surface area contributed by atoms with Gasteiger partial charge in [0.05, 0.1) is 17.0 Å². The highest BCUT2D eigenvalue weighted by molar-refractivity contribution is 6.01. The molecule has 6 heterocycles. The molecule has 14 nitrogen and oxygen atoms in total. The Morgan fingerprint density at radius 1 is 0.959 bits per heavy atom. The summed E-state index contributed by atoms with van der Waals surface area (Å²) in [5.41, 5.74) is 3.10. The molecule has 1 aromatic carbocycles. The van der Waals surface area contributed by atoms with Crippen LogP contribution in [0.1, 0.15) is 51.1 Å². The van der Waals surface area contributed by atoms with Gasteiger partial charge in [-0.25, -0.2) is 9.97 Å². The largest absolute Gasteiger partial charge is 0.381 e. The smallest absolute Gasteiger partial charge is 0.249 e. The van der Waals surface area contributed by atoms with Crippen LogP contribution in [0.4, 0.5) is 29.1 Å². The molecule has 3 aromatic heterocycles. The molecule has 49 heavy (non-hydrogen) atoms. The van der Waals surface area contributed by atoms with Crippen LogP contribution < -0.4 is 25.8 Å². The Labute approximate surface area is 286 Å². The minimum atomic E-state index is -0.395. The molecule has 14 heteroatoms. The van der Waals surface area contributed by atoms with Crippen molar-refractivity contribution in [3.8, 4) is 0 Å². The van der Waals surface area contributed by atoms with E-state index in [0.29, 0.717) is 36.5 Å². The van der Waals surface area contributed by atoms with Gasteiger partial charge in [-0.1, -0.05) is 12.1 Å². The molecule has 0 aliphatic carbocycles. The van der Waals surface area contributed by atoms with E-state index in [-0.39, 0.29) is 17.9 Å². The number of imide groups is 1. The number of piperazine rings is 1. The number of rotatable bonds is 10. The number of hydrogen-bond acceptors (Lipinski definition) is 12. The van der Waals surface area contributed by atoms with Crippen LogP contribution in [-0.2, 0) is 20.9 Å². The number of hydrogen-bond donors (Lipinski definition) is 3. The number of carbonyl (C=O) groups excluding carboxylic acids is 2. The maximum Gasteiger partial charge on any atom is 0.249 e. The summed E-state index contributed by atoms with van der Waals surface area (Å²) in [7, 11) is 1.77. The Morgan fingerprint density at radius 3 is 2.53 bits per heavy atom. The number of anilines is 5. The summed E-state index contributed by atoms with van der Waals surface area (Å²) in [5.74, 6) is 2.62. The minimum Gasteiger partial charge on any atom is -0.381 e. The predicted molar refractivity (Wildman–Crippen MR) is 189 cm³/mol. The van der Waals surface area contributed by atoms with E-state index in [0.717, 1.165) is 81.1 Å². The zero-order valence-corrected chi connectivity index (χ0v) is 28.4. The lowest BCUT2D eigenvalue weighted by atomic mass is 10.1. The first kappa shape index (κ1) is 32.7. The van der Waals surface area contributed by atoms with E-state index in [2.05, 4.69) is 72.4 Å². The molecule has 1 unspecified atom stereocenters. The number of piperidine rings is 2. The molecule has 258 valence electrons. The van der Waals surface area contributed by atoms with Crippen LogP contribution in [0.25, 0.3) is 10.9 Å². The van der Waals surface area contributed by atoms with E-state index in [1.165, 1.54) is 5.56 Å². The van der Waals surface area contributed by atoms with E-state index in [1.807, 2.05) is 24.4 Å². The van der Waals surface area contributed by atoms with Gasteiger partial charge in [-0.2, -0.15) is 10.1 Å². The SMILES string of the molecule is COC1CCN(c2nccc(Nc3cc4c(cn3)c(N3CCN(Cc5cccc(NC6CCC(=O)NC6=O)c5)CC3)nn4C(C)C)n2)CC1. The molecule has 0 saturated carbocycles. The van der Waals surface area contributed by atoms with Crippen LogP contribution in [0, 0.1) is 0 Å². The third kappa shape index (κ3) is 7.44. The summed E-state index contributed by atoms with van der Waals surface area (Å²) in [4.78, 5) is 44.8. The number of aromatic nitrogens is 5. The number of nitrogens with zero attached hydrogens (tertiary/aromatic N) is 8. The van der Waals surface area contributed by atoms with Gasteiger partial charge in [0.15, 0.2) is 5.82 Å². The summed E-state index contributed by atoms with van der Waals surface area (Å²) in [6.07, 6.45) is 6.79. The molecule has 0 radical (unpaired) electrons. The fraction of sp³-hybridized carbons (Fsp3) is 0.486. The van der Waals surface area contributed by atoms with E-state index >= 15 is 0 Å². The van der Waals surface area contributed by atoms with Crippen LogP contribution in [0.15, 0.2) is 48.8 Å². The second kappa shape index (κ2) is 14.3. The van der Waals surface area contributed by atoms with Gasteiger partial charge >= 0.3 is 0 Å². The third-order valence-electron chi connectivity index (χ3n) is 9.60. The monoisotopic (exact) mass is 667 g/mol.